The van der Waals surface area contributed by atoms with Crippen LogP contribution in [0.2, 0.25) is 0 Å². The highest BCUT2D eigenvalue weighted by molar-refractivity contribution is 6.49. The molecule has 4 rings (SSSR count). The molecule has 0 radical (unpaired) electrons. The highest BCUT2D eigenvalue weighted by atomic mass is 35.5. The summed E-state index contributed by atoms with van der Waals surface area (Å²) in [5, 5.41) is 14.9. The number of ketones is 2. The highest BCUT2D eigenvalue weighted by Crippen LogP contribution is 2.27. The lowest BCUT2D eigenvalue weighted by Crippen LogP contribution is -2.28. The third kappa shape index (κ3) is 4.20. The number of nitrogens with one attached hydrogen (secondary N) is 2. The molecule has 0 heterocycles. The number of anilines is 1. The van der Waals surface area contributed by atoms with Crippen LogP contribution in [-0.4, -0.2) is 22.6 Å². The maximum absolute atomic E-state index is 12.7. The van der Waals surface area contributed by atoms with Crippen LogP contribution in [0.3, 0.4) is 0 Å². The predicted molar refractivity (Wildman–Crippen MR) is 117 cm³/mol. The van der Waals surface area contributed by atoms with E-state index in [9.17, 15) is 19.5 Å². The number of Topliss-reactive ketones (excluding diaryl/α,β-unsaturated/α-hetero) is 2. The van der Waals surface area contributed by atoms with Crippen molar-refractivity contribution in [3.8, 4) is 5.75 Å². The first-order valence-corrected chi connectivity index (χ1v) is 9.83. The summed E-state index contributed by atoms with van der Waals surface area (Å²) in [5.74, 6) is -0.891. The van der Waals surface area contributed by atoms with E-state index in [4.69, 9.17) is 11.6 Å². The first kappa shape index (κ1) is 20.4. The summed E-state index contributed by atoms with van der Waals surface area (Å²) in [7, 11) is 0. The van der Waals surface area contributed by atoms with Crippen molar-refractivity contribution in [2.24, 2.45) is 0 Å². The van der Waals surface area contributed by atoms with Gasteiger partial charge in [0.15, 0.2) is 0 Å². The number of allylic oxidation sites excluding steroid dienone is 2. The Balaban J connectivity index is 1.43. The summed E-state index contributed by atoms with van der Waals surface area (Å²) >= 11 is 6.15. The van der Waals surface area contributed by atoms with Gasteiger partial charge in [-0.2, -0.15) is 0 Å². The third-order valence-electron chi connectivity index (χ3n) is 4.87. The van der Waals surface area contributed by atoms with E-state index >= 15 is 0 Å². The van der Waals surface area contributed by atoms with Crippen molar-refractivity contribution in [3.63, 3.8) is 0 Å². The van der Waals surface area contributed by atoms with Crippen LogP contribution in [0, 0.1) is 0 Å². The summed E-state index contributed by atoms with van der Waals surface area (Å²) in [5.41, 5.74) is 2.51. The van der Waals surface area contributed by atoms with Crippen molar-refractivity contribution in [2.45, 2.75) is 6.54 Å². The van der Waals surface area contributed by atoms with Crippen molar-refractivity contribution in [2.75, 3.05) is 5.32 Å². The van der Waals surface area contributed by atoms with E-state index < -0.39 is 0 Å². The summed E-state index contributed by atoms with van der Waals surface area (Å²) in [6, 6.07) is 19.5. The van der Waals surface area contributed by atoms with Gasteiger partial charge in [0.1, 0.15) is 16.5 Å². The largest absolute Gasteiger partial charge is 0.508 e. The lowest BCUT2D eigenvalue weighted by atomic mass is 9.92. The lowest BCUT2D eigenvalue weighted by molar-refractivity contribution is 0.0974. The molecular weight excluding hydrogens is 416 g/mol. The molecule has 3 aromatic rings. The number of carbonyl (C=O) groups is 3. The van der Waals surface area contributed by atoms with Crippen molar-refractivity contribution in [1.82, 2.24) is 5.32 Å². The van der Waals surface area contributed by atoms with Gasteiger partial charge in [-0.25, -0.2) is 0 Å². The minimum absolute atomic E-state index is 0.0690. The topological polar surface area (TPSA) is 95.5 Å². The number of fused-ring (bicyclic) bond motifs is 1. The molecule has 0 unspecified atom stereocenters. The molecule has 0 aromatic heterocycles. The molecule has 3 N–H and O–H groups in total. The van der Waals surface area contributed by atoms with Crippen LogP contribution >= 0.6 is 11.6 Å². The van der Waals surface area contributed by atoms with E-state index in [2.05, 4.69) is 10.6 Å². The van der Waals surface area contributed by atoms with E-state index in [1.54, 1.807) is 60.7 Å². The zero-order chi connectivity index (χ0) is 22.0. The van der Waals surface area contributed by atoms with E-state index in [-0.39, 0.29) is 40.5 Å². The van der Waals surface area contributed by atoms with Gasteiger partial charge in [0, 0.05) is 28.9 Å². The molecule has 0 bridgehead atoms. The number of hydrogen-bond donors (Lipinski definition) is 3. The minimum atomic E-state index is -0.388. The standard InChI is InChI=1S/C24H17ClN2O4/c25-20-21(23(30)19-4-2-1-3-18(19)22(20)29)26-13-14-5-7-15(8-6-14)24(31)27-16-9-11-17(28)12-10-16/h1-12,26,28H,13H2,(H,27,31). The van der Waals surface area contributed by atoms with Crippen LogP contribution in [0.25, 0.3) is 0 Å². The molecule has 7 heteroatoms. The van der Waals surface area contributed by atoms with Gasteiger partial charge in [-0.15, -0.1) is 0 Å². The molecule has 3 aromatic carbocycles. The molecule has 1 amide bonds. The van der Waals surface area contributed by atoms with E-state index in [0.29, 0.717) is 22.4 Å². The Morgan fingerprint density at radius 3 is 2.10 bits per heavy atom. The second-order valence-electron chi connectivity index (χ2n) is 6.94. The Hall–Kier alpha value is -3.90. The molecule has 0 fully saturated rings. The van der Waals surface area contributed by atoms with Crippen molar-refractivity contribution < 1.29 is 19.5 Å². The van der Waals surface area contributed by atoms with Crippen LogP contribution in [-0.2, 0) is 6.54 Å². The Kier molecular flexibility index (Phi) is 5.56. The van der Waals surface area contributed by atoms with Gasteiger partial charge in [0.25, 0.3) is 5.91 Å². The molecule has 6 nitrogen and oxygen atoms in total. The summed E-state index contributed by atoms with van der Waals surface area (Å²) < 4.78 is 0. The normalized spacial score (nSPS) is 13.1. The Labute approximate surface area is 183 Å². The van der Waals surface area contributed by atoms with Gasteiger partial charge in [0.2, 0.25) is 11.6 Å². The van der Waals surface area contributed by atoms with Crippen LogP contribution in [0.1, 0.15) is 36.6 Å². The fourth-order valence-electron chi connectivity index (χ4n) is 3.22. The van der Waals surface area contributed by atoms with Gasteiger partial charge in [-0.05, 0) is 42.0 Å². The van der Waals surface area contributed by atoms with Crippen LogP contribution in [0.4, 0.5) is 5.69 Å². The van der Waals surface area contributed by atoms with Crippen molar-refractivity contribution in [3.05, 3.63) is 106 Å². The lowest BCUT2D eigenvalue weighted by Gasteiger charge is -2.19. The van der Waals surface area contributed by atoms with Gasteiger partial charge in [0.05, 0.1) is 0 Å². The van der Waals surface area contributed by atoms with Crippen molar-refractivity contribution >= 4 is 34.8 Å². The van der Waals surface area contributed by atoms with Gasteiger partial charge in [-0.3, -0.25) is 14.4 Å². The Morgan fingerprint density at radius 1 is 0.839 bits per heavy atom. The third-order valence-corrected chi connectivity index (χ3v) is 5.23. The average Bonchev–Trinajstić information content (AvgIpc) is 2.79. The first-order valence-electron chi connectivity index (χ1n) is 9.45. The second kappa shape index (κ2) is 8.45. The molecule has 0 spiro atoms. The van der Waals surface area contributed by atoms with Gasteiger partial charge < -0.3 is 15.7 Å². The number of aromatic hydroxyl groups is 1. The zero-order valence-electron chi connectivity index (χ0n) is 16.2. The van der Waals surface area contributed by atoms with Crippen LogP contribution in [0.5, 0.6) is 5.75 Å². The molecule has 0 saturated carbocycles. The average molecular weight is 433 g/mol. The number of rotatable bonds is 5. The van der Waals surface area contributed by atoms with E-state index in [1.807, 2.05) is 0 Å². The number of amides is 1. The summed E-state index contributed by atoms with van der Waals surface area (Å²) in [4.78, 5) is 37.5. The van der Waals surface area contributed by atoms with E-state index in [0.717, 1.165) is 5.56 Å². The number of benzene rings is 3. The SMILES string of the molecule is O=C(Nc1ccc(O)cc1)c1ccc(CNC2=C(Cl)C(=O)c3ccccc3C2=O)cc1. The summed E-state index contributed by atoms with van der Waals surface area (Å²) in [6.07, 6.45) is 0. The minimum Gasteiger partial charge on any atom is -0.508 e. The fourth-order valence-corrected chi connectivity index (χ4v) is 3.47. The Bertz CT molecular complexity index is 1220. The molecule has 31 heavy (non-hydrogen) atoms. The summed E-state index contributed by atoms with van der Waals surface area (Å²) in [6.45, 7) is 0.257. The maximum atomic E-state index is 12.7. The molecule has 0 saturated heterocycles. The zero-order valence-corrected chi connectivity index (χ0v) is 16.9. The number of phenolic OH excluding ortho intramolecular Hbond substituents is 1. The molecule has 0 atom stereocenters. The maximum Gasteiger partial charge on any atom is 0.255 e. The van der Waals surface area contributed by atoms with Crippen LogP contribution < -0.4 is 10.6 Å². The highest BCUT2D eigenvalue weighted by Gasteiger charge is 2.30. The Morgan fingerprint density at radius 2 is 1.45 bits per heavy atom. The predicted octanol–water partition coefficient (Wildman–Crippen LogP) is 4.26. The molecule has 154 valence electrons. The van der Waals surface area contributed by atoms with E-state index in [1.165, 1.54) is 12.1 Å². The molecular formula is C24H17ClN2O4. The van der Waals surface area contributed by atoms with Crippen molar-refractivity contribution in [1.29, 1.82) is 0 Å². The fraction of sp³-hybridized carbons (Fsp3) is 0.0417. The van der Waals surface area contributed by atoms with Crippen LogP contribution in [0.15, 0.2) is 83.5 Å². The number of hydrogen-bond acceptors (Lipinski definition) is 5. The second-order valence-corrected chi connectivity index (χ2v) is 7.32. The number of phenols is 1. The number of halogens is 1. The molecule has 1 aliphatic carbocycles. The number of carbonyl (C=O) groups excluding carboxylic acids is 3. The first-order chi connectivity index (χ1) is 14.9. The smallest absolute Gasteiger partial charge is 0.255 e. The van der Waals surface area contributed by atoms with Gasteiger partial charge in [-0.1, -0.05) is 48.0 Å². The molecule has 1 aliphatic rings. The quantitative estimate of drug-likeness (QED) is 0.523. The molecule has 0 aliphatic heterocycles. The monoisotopic (exact) mass is 432 g/mol. The van der Waals surface area contributed by atoms with Gasteiger partial charge >= 0.3 is 0 Å².